The van der Waals surface area contributed by atoms with Gasteiger partial charge in [-0.3, -0.25) is 14.9 Å². The van der Waals surface area contributed by atoms with Crippen molar-refractivity contribution in [1.82, 2.24) is 35.1 Å². The van der Waals surface area contributed by atoms with Crippen molar-refractivity contribution in [1.29, 1.82) is 5.41 Å². The zero-order valence-electron chi connectivity index (χ0n) is 32.6. The molecule has 7 rings (SSSR count). The number of nitrogens with zero attached hydrogens (tertiary/aromatic N) is 8. The highest BCUT2D eigenvalue weighted by Crippen LogP contribution is 2.51. The number of benzene rings is 1. The lowest BCUT2D eigenvalue weighted by atomic mass is 9.60. The molecule has 55 heavy (non-hydrogen) atoms. The van der Waals surface area contributed by atoms with Crippen LogP contribution in [0.1, 0.15) is 87.8 Å². The molecule has 13 nitrogen and oxygen atoms in total. The van der Waals surface area contributed by atoms with Crippen molar-refractivity contribution in [3.8, 4) is 11.1 Å². The first-order chi connectivity index (χ1) is 26.5. The average Bonchev–Trinajstić information content (AvgIpc) is 3.61. The maximum atomic E-state index is 14.6. The van der Waals surface area contributed by atoms with Crippen LogP contribution in [0.25, 0.3) is 11.1 Å². The number of hydrogen-bond donors (Lipinski definition) is 3. The second kappa shape index (κ2) is 16.8. The minimum absolute atomic E-state index is 0.0507. The van der Waals surface area contributed by atoms with E-state index in [0.29, 0.717) is 48.8 Å². The Morgan fingerprint density at radius 2 is 1.85 bits per heavy atom. The number of carbonyl (C=O) groups is 2. The number of carboxylic acids is 1. The zero-order valence-corrected chi connectivity index (χ0v) is 32.6. The van der Waals surface area contributed by atoms with Crippen molar-refractivity contribution in [3.63, 3.8) is 0 Å². The first-order valence-corrected chi connectivity index (χ1v) is 19.6. The Bertz CT molecular complexity index is 1880. The van der Waals surface area contributed by atoms with E-state index in [-0.39, 0.29) is 35.1 Å². The molecule has 296 valence electrons. The van der Waals surface area contributed by atoms with Gasteiger partial charge in [0.1, 0.15) is 5.84 Å². The molecule has 1 spiro atoms. The van der Waals surface area contributed by atoms with Gasteiger partial charge in [0.2, 0.25) is 6.41 Å². The molecule has 5 heterocycles. The quantitative estimate of drug-likeness (QED) is 0.119. The van der Waals surface area contributed by atoms with Gasteiger partial charge in [-0.2, -0.15) is 5.10 Å². The van der Waals surface area contributed by atoms with Crippen LogP contribution < -0.4 is 15.1 Å². The molecular weight excluding hydrogens is 707 g/mol. The maximum absolute atomic E-state index is 14.6. The number of nitrogens with one attached hydrogen (secondary N) is 2. The summed E-state index contributed by atoms with van der Waals surface area (Å²) in [6.45, 7) is 12.9. The standard InChI is InChI=1S/C38H48F2N10O3.C2H6/c1-4-24-14-28(25-18-42-46(3)19-25)29(35(39)40)15-33(24)50(5-2)36(41)30-20-47(23-51)11-10-31(30)43-26-8-12-48(13-9-26)27-16-38(17-27)21-49(22-38)34-7-6-32(37(52)53)44-45-34;1-2/h6-7,14-15,18-19,23,26-27,35,41,43H,4-5,8-13,16-17,20-22H2,1-3H3,(H,52,53);1-2H3. The molecular formula is C40H54F2N10O3. The highest BCUT2D eigenvalue weighted by atomic mass is 19.3. The number of anilines is 2. The summed E-state index contributed by atoms with van der Waals surface area (Å²) in [7, 11) is 1.76. The summed E-state index contributed by atoms with van der Waals surface area (Å²) in [5, 5.41) is 34.5. The molecule has 1 aliphatic carbocycles. The summed E-state index contributed by atoms with van der Waals surface area (Å²) < 4.78 is 30.7. The van der Waals surface area contributed by atoms with Gasteiger partial charge in [0.25, 0.3) is 6.43 Å². The number of amides is 1. The number of aromatic carboxylic acids is 1. The fourth-order valence-electron chi connectivity index (χ4n) is 8.68. The van der Waals surface area contributed by atoms with Crippen LogP contribution in [-0.4, -0.2) is 111 Å². The number of piperidine rings is 1. The van der Waals surface area contributed by atoms with Crippen LogP contribution in [0.5, 0.6) is 0 Å². The Balaban J connectivity index is 0.00000253. The summed E-state index contributed by atoms with van der Waals surface area (Å²) in [5.41, 5.74) is 4.34. The molecule has 3 aromatic rings. The first kappa shape index (κ1) is 39.8. The third kappa shape index (κ3) is 8.21. The van der Waals surface area contributed by atoms with Crippen LogP contribution in [0.4, 0.5) is 20.3 Å². The lowest BCUT2D eigenvalue weighted by Crippen LogP contribution is -2.67. The van der Waals surface area contributed by atoms with Crippen LogP contribution in [0.2, 0.25) is 0 Å². The summed E-state index contributed by atoms with van der Waals surface area (Å²) >= 11 is 0. The molecule has 0 radical (unpaired) electrons. The Morgan fingerprint density at radius 1 is 1.13 bits per heavy atom. The van der Waals surface area contributed by atoms with E-state index in [1.807, 2.05) is 33.8 Å². The Kier molecular flexibility index (Phi) is 12.2. The number of carbonyl (C=O) groups excluding carboxylic acids is 1. The molecule has 0 atom stereocenters. The van der Waals surface area contributed by atoms with Gasteiger partial charge in [0.15, 0.2) is 11.5 Å². The number of alkyl halides is 2. The van der Waals surface area contributed by atoms with Crippen molar-refractivity contribution >= 4 is 29.7 Å². The minimum atomic E-state index is -2.71. The molecule has 1 amide bonds. The number of carboxylic acid groups (broad SMARTS) is 1. The predicted molar refractivity (Wildman–Crippen MR) is 209 cm³/mol. The summed E-state index contributed by atoms with van der Waals surface area (Å²) in [6.07, 6.45) is 6.84. The van der Waals surface area contributed by atoms with E-state index in [9.17, 15) is 23.8 Å². The van der Waals surface area contributed by atoms with E-state index >= 15 is 0 Å². The van der Waals surface area contributed by atoms with Gasteiger partial charge in [-0.25, -0.2) is 13.6 Å². The van der Waals surface area contributed by atoms with Crippen molar-refractivity contribution < 1.29 is 23.5 Å². The van der Waals surface area contributed by atoms with Crippen molar-refractivity contribution in [3.05, 3.63) is 64.8 Å². The largest absolute Gasteiger partial charge is 0.476 e. The highest BCUT2D eigenvalue weighted by molar-refractivity contribution is 6.09. The van der Waals surface area contributed by atoms with E-state index in [1.165, 1.54) is 12.1 Å². The average molecular weight is 761 g/mol. The van der Waals surface area contributed by atoms with Gasteiger partial charge in [-0.1, -0.05) is 20.8 Å². The Labute approximate surface area is 321 Å². The monoisotopic (exact) mass is 760 g/mol. The molecule has 2 saturated heterocycles. The SMILES string of the molecule is CC.CCc1cc(-c2cnn(C)c2)c(C(F)F)cc1N(CC)C(=N)C1=C(NC2CCN(C3CC4(C3)CN(c3ccc(C(=O)O)nn3)C4)CC2)CCN(C=O)C1. The summed E-state index contributed by atoms with van der Waals surface area (Å²) in [4.78, 5) is 31.3. The fourth-order valence-corrected chi connectivity index (χ4v) is 8.68. The van der Waals surface area contributed by atoms with Crippen molar-refractivity contribution in [2.24, 2.45) is 12.5 Å². The van der Waals surface area contributed by atoms with E-state index in [4.69, 9.17) is 5.11 Å². The normalized spacial score (nSPS) is 18.8. The van der Waals surface area contributed by atoms with Crippen molar-refractivity contribution in [2.75, 3.05) is 55.6 Å². The minimum Gasteiger partial charge on any atom is -0.476 e. The second-order valence-electron chi connectivity index (χ2n) is 15.0. The maximum Gasteiger partial charge on any atom is 0.356 e. The first-order valence-electron chi connectivity index (χ1n) is 19.6. The van der Waals surface area contributed by atoms with Gasteiger partial charge in [-0.05, 0) is 74.4 Å². The molecule has 3 aliphatic heterocycles. The number of amidine groups is 1. The Morgan fingerprint density at radius 3 is 2.42 bits per heavy atom. The molecule has 3 N–H and O–H groups in total. The van der Waals surface area contributed by atoms with Gasteiger partial charge < -0.3 is 30.0 Å². The molecule has 1 saturated carbocycles. The van der Waals surface area contributed by atoms with E-state index in [1.54, 1.807) is 40.0 Å². The molecule has 2 aromatic heterocycles. The Hall–Kier alpha value is -4.92. The van der Waals surface area contributed by atoms with Crippen LogP contribution in [-0.2, 0) is 18.3 Å². The number of hydrogen-bond acceptors (Lipinski definition) is 9. The number of likely N-dealkylation sites (N-methyl/N-ethyl adjacent to an activating group) is 1. The number of halogens is 2. The van der Waals surface area contributed by atoms with Gasteiger partial charge in [0, 0.05) is 105 Å². The molecule has 0 unspecified atom stereocenters. The highest BCUT2D eigenvalue weighted by Gasteiger charge is 2.54. The zero-order chi connectivity index (χ0) is 39.4. The van der Waals surface area contributed by atoms with Crippen molar-refractivity contribution in [2.45, 2.75) is 84.7 Å². The lowest BCUT2D eigenvalue weighted by Gasteiger charge is -2.61. The summed E-state index contributed by atoms with van der Waals surface area (Å²) in [6, 6.07) is 7.36. The molecule has 1 aromatic carbocycles. The number of rotatable bonds is 12. The second-order valence-corrected chi connectivity index (χ2v) is 15.0. The van der Waals surface area contributed by atoms with Crippen LogP contribution in [0.3, 0.4) is 0 Å². The van der Waals surface area contributed by atoms with Gasteiger partial charge in [0.05, 0.1) is 12.7 Å². The smallest absolute Gasteiger partial charge is 0.356 e. The molecule has 15 heteroatoms. The number of aromatic nitrogens is 4. The van der Waals surface area contributed by atoms with Gasteiger partial charge in [-0.15, -0.1) is 10.2 Å². The number of likely N-dealkylation sites (tertiary alicyclic amines) is 1. The van der Waals surface area contributed by atoms with Crippen LogP contribution in [0, 0.1) is 10.8 Å². The molecule has 3 fully saturated rings. The third-order valence-corrected chi connectivity index (χ3v) is 11.6. The van der Waals surface area contributed by atoms with E-state index in [2.05, 4.69) is 30.4 Å². The van der Waals surface area contributed by atoms with Crippen LogP contribution >= 0.6 is 0 Å². The van der Waals surface area contributed by atoms with E-state index < -0.39 is 12.4 Å². The van der Waals surface area contributed by atoms with Gasteiger partial charge >= 0.3 is 5.97 Å². The number of aryl methyl sites for hydroxylation is 2. The molecule has 0 bridgehead atoms. The fraction of sp³-hybridized carbons (Fsp3) is 0.550. The molecule has 4 aliphatic rings. The van der Waals surface area contributed by atoms with Crippen LogP contribution in [0.15, 0.2) is 47.9 Å². The van der Waals surface area contributed by atoms with E-state index in [0.717, 1.165) is 80.9 Å². The lowest BCUT2D eigenvalue weighted by molar-refractivity contribution is -0.117. The third-order valence-electron chi connectivity index (χ3n) is 11.6. The summed E-state index contributed by atoms with van der Waals surface area (Å²) in [5.74, 6) is -0.132. The predicted octanol–water partition coefficient (Wildman–Crippen LogP) is 5.74. The topological polar surface area (TPSA) is 147 Å².